The molecule has 0 aromatic heterocycles. The Bertz CT molecular complexity index is 460. The van der Waals surface area contributed by atoms with Gasteiger partial charge in [0, 0.05) is 6.54 Å². The molecule has 0 aliphatic heterocycles. The number of carbonyl (C=O) groups is 1. The van der Waals surface area contributed by atoms with Gasteiger partial charge < -0.3 is 5.32 Å². The maximum atomic E-state index is 11.5. The zero-order chi connectivity index (χ0) is 13.5. The molecule has 0 unspecified atom stereocenters. The van der Waals surface area contributed by atoms with E-state index < -0.39 is 0 Å². The smallest absolute Gasteiger partial charge is 0.234 e. The van der Waals surface area contributed by atoms with Gasteiger partial charge in [-0.2, -0.15) is 0 Å². The van der Waals surface area contributed by atoms with Gasteiger partial charge in [0.05, 0.1) is 13.1 Å². The lowest BCUT2D eigenvalue weighted by Gasteiger charge is -2.17. The molecule has 0 radical (unpaired) electrons. The van der Waals surface area contributed by atoms with E-state index in [1.165, 1.54) is 16.7 Å². The second-order valence-electron chi connectivity index (χ2n) is 4.58. The van der Waals surface area contributed by atoms with Crippen molar-refractivity contribution in [3.63, 3.8) is 0 Å². The highest BCUT2D eigenvalue weighted by Gasteiger charge is 2.07. The van der Waals surface area contributed by atoms with E-state index in [-0.39, 0.29) is 12.5 Å². The first-order chi connectivity index (χ1) is 8.52. The predicted molar refractivity (Wildman–Crippen MR) is 74.1 cm³/mol. The Balaban J connectivity index is 2.52. The summed E-state index contributed by atoms with van der Waals surface area (Å²) in [5.74, 6) is 2.34. The van der Waals surface area contributed by atoms with Crippen LogP contribution in [0.15, 0.2) is 18.2 Å². The van der Waals surface area contributed by atoms with Gasteiger partial charge in [0.15, 0.2) is 0 Å². The second-order valence-corrected chi connectivity index (χ2v) is 4.58. The molecular weight excluding hydrogens is 224 g/mol. The van der Waals surface area contributed by atoms with Crippen molar-refractivity contribution in [3.8, 4) is 12.3 Å². The molecule has 1 rings (SSSR count). The summed E-state index contributed by atoms with van der Waals surface area (Å²) in [6, 6.07) is 6.36. The fourth-order valence-electron chi connectivity index (χ4n) is 1.82. The quantitative estimate of drug-likeness (QED) is 0.796. The lowest BCUT2D eigenvalue weighted by Crippen LogP contribution is -2.35. The molecular formula is C15H20N2O. The van der Waals surface area contributed by atoms with Crippen molar-refractivity contribution in [3.05, 3.63) is 34.9 Å². The number of aryl methyl sites for hydroxylation is 2. The summed E-state index contributed by atoms with van der Waals surface area (Å²) in [6.45, 7) is 5.57. The highest BCUT2D eigenvalue weighted by Crippen LogP contribution is 2.12. The number of rotatable bonds is 5. The molecule has 18 heavy (non-hydrogen) atoms. The Labute approximate surface area is 109 Å². The van der Waals surface area contributed by atoms with Crippen molar-refractivity contribution in [2.75, 3.05) is 20.1 Å². The first kappa shape index (κ1) is 14.3. The molecule has 1 aromatic carbocycles. The maximum absolute atomic E-state index is 11.5. The largest absolute Gasteiger partial charge is 0.344 e. The van der Waals surface area contributed by atoms with Crippen LogP contribution in [0.25, 0.3) is 0 Å². The Morgan fingerprint density at radius 1 is 1.44 bits per heavy atom. The maximum Gasteiger partial charge on any atom is 0.234 e. The summed E-state index contributed by atoms with van der Waals surface area (Å²) in [5.41, 5.74) is 3.75. The van der Waals surface area contributed by atoms with Gasteiger partial charge in [0.2, 0.25) is 5.91 Å². The van der Waals surface area contributed by atoms with Gasteiger partial charge in [-0.05, 0) is 32.0 Å². The first-order valence-corrected chi connectivity index (χ1v) is 5.97. The lowest BCUT2D eigenvalue weighted by molar-refractivity contribution is -0.121. The topological polar surface area (TPSA) is 32.3 Å². The average molecular weight is 244 g/mol. The van der Waals surface area contributed by atoms with E-state index in [2.05, 4.69) is 43.3 Å². The number of hydrogen-bond acceptors (Lipinski definition) is 2. The van der Waals surface area contributed by atoms with Crippen LogP contribution in [0.3, 0.4) is 0 Å². The number of amides is 1. The third kappa shape index (κ3) is 4.60. The summed E-state index contributed by atoms with van der Waals surface area (Å²) in [5, 5.41) is 2.66. The molecule has 0 saturated heterocycles. The molecule has 96 valence electrons. The van der Waals surface area contributed by atoms with Crippen molar-refractivity contribution in [1.82, 2.24) is 10.2 Å². The molecule has 0 heterocycles. The normalized spacial score (nSPS) is 10.2. The number of nitrogens with one attached hydrogen (secondary N) is 1. The number of nitrogens with zero attached hydrogens (tertiary/aromatic N) is 1. The summed E-state index contributed by atoms with van der Waals surface area (Å²) in [7, 11) is 1.93. The Hall–Kier alpha value is -1.79. The second kappa shape index (κ2) is 6.83. The van der Waals surface area contributed by atoms with Gasteiger partial charge in [-0.25, -0.2) is 0 Å². The van der Waals surface area contributed by atoms with Crippen molar-refractivity contribution < 1.29 is 4.79 Å². The molecule has 0 spiro atoms. The number of terminal acetylenes is 1. The van der Waals surface area contributed by atoms with Crippen molar-refractivity contribution in [2.45, 2.75) is 20.4 Å². The van der Waals surface area contributed by atoms with Crippen molar-refractivity contribution >= 4 is 5.91 Å². The highest BCUT2D eigenvalue weighted by molar-refractivity contribution is 5.78. The summed E-state index contributed by atoms with van der Waals surface area (Å²) < 4.78 is 0. The minimum atomic E-state index is -0.0415. The molecule has 0 atom stereocenters. The van der Waals surface area contributed by atoms with Crippen LogP contribution in [0.5, 0.6) is 0 Å². The van der Waals surface area contributed by atoms with Crippen LogP contribution in [-0.2, 0) is 11.3 Å². The fourth-order valence-corrected chi connectivity index (χ4v) is 1.82. The van der Waals surface area contributed by atoms with E-state index in [0.717, 1.165) is 6.54 Å². The average Bonchev–Trinajstić information content (AvgIpc) is 2.30. The Morgan fingerprint density at radius 3 is 2.78 bits per heavy atom. The highest BCUT2D eigenvalue weighted by atomic mass is 16.1. The number of hydrogen-bond donors (Lipinski definition) is 1. The predicted octanol–water partition coefficient (Wildman–Crippen LogP) is 1.48. The van der Waals surface area contributed by atoms with E-state index >= 15 is 0 Å². The van der Waals surface area contributed by atoms with Gasteiger partial charge in [0.25, 0.3) is 0 Å². The van der Waals surface area contributed by atoms with E-state index in [4.69, 9.17) is 6.42 Å². The Morgan fingerprint density at radius 2 is 2.17 bits per heavy atom. The number of benzene rings is 1. The molecule has 0 aliphatic carbocycles. The van der Waals surface area contributed by atoms with Crippen LogP contribution in [0.4, 0.5) is 0 Å². The third-order valence-electron chi connectivity index (χ3n) is 2.74. The molecule has 1 N–H and O–H groups in total. The van der Waals surface area contributed by atoms with Gasteiger partial charge in [-0.3, -0.25) is 9.69 Å². The van der Waals surface area contributed by atoms with Crippen LogP contribution in [-0.4, -0.2) is 30.9 Å². The van der Waals surface area contributed by atoms with E-state index in [0.29, 0.717) is 6.54 Å². The van der Waals surface area contributed by atoms with Gasteiger partial charge in [-0.1, -0.05) is 29.7 Å². The molecule has 0 fully saturated rings. The number of likely N-dealkylation sites (N-methyl/N-ethyl adjacent to an activating group) is 1. The third-order valence-corrected chi connectivity index (χ3v) is 2.74. The molecule has 1 aromatic rings. The molecule has 0 aliphatic rings. The van der Waals surface area contributed by atoms with Gasteiger partial charge in [0.1, 0.15) is 0 Å². The van der Waals surface area contributed by atoms with Crippen molar-refractivity contribution in [1.29, 1.82) is 0 Å². The molecule has 3 nitrogen and oxygen atoms in total. The van der Waals surface area contributed by atoms with Crippen LogP contribution in [0.1, 0.15) is 16.7 Å². The van der Waals surface area contributed by atoms with E-state index in [1.807, 2.05) is 11.9 Å². The monoisotopic (exact) mass is 244 g/mol. The van der Waals surface area contributed by atoms with Crippen LogP contribution >= 0.6 is 0 Å². The SMILES string of the molecule is C#CCNC(=O)CN(C)Cc1ccc(C)cc1C. The molecule has 0 bridgehead atoms. The zero-order valence-electron chi connectivity index (χ0n) is 11.3. The fraction of sp³-hybridized carbons (Fsp3) is 0.400. The lowest BCUT2D eigenvalue weighted by atomic mass is 10.1. The number of carbonyl (C=O) groups excluding carboxylic acids is 1. The molecule has 0 saturated carbocycles. The van der Waals surface area contributed by atoms with E-state index in [1.54, 1.807) is 0 Å². The minimum Gasteiger partial charge on any atom is -0.344 e. The minimum absolute atomic E-state index is 0.0415. The molecule has 3 heteroatoms. The summed E-state index contributed by atoms with van der Waals surface area (Å²) in [6.07, 6.45) is 5.09. The van der Waals surface area contributed by atoms with Gasteiger partial charge >= 0.3 is 0 Å². The van der Waals surface area contributed by atoms with Gasteiger partial charge in [-0.15, -0.1) is 6.42 Å². The van der Waals surface area contributed by atoms with Crippen LogP contribution in [0.2, 0.25) is 0 Å². The molecule has 1 amide bonds. The summed E-state index contributed by atoms with van der Waals surface area (Å²) in [4.78, 5) is 13.5. The van der Waals surface area contributed by atoms with Crippen LogP contribution < -0.4 is 5.32 Å². The first-order valence-electron chi connectivity index (χ1n) is 5.97. The van der Waals surface area contributed by atoms with Crippen molar-refractivity contribution in [2.24, 2.45) is 0 Å². The van der Waals surface area contributed by atoms with Crippen LogP contribution in [0, 0.1) is 26.2 Å². The standard InChI is InChI=1S/C15H20N2O/c1-5-8-16-15(18)11-17(4)10-14-7-6-12(2)9-13(14)3/h1,6-7,9H,8,10-11H2,2-4H3,(H,16,18). The zero-order valence-corrected chi connectivity index (χ0v) is 11.3. The Kier molecular flexibility index (Phi) is 5.41. The summed E-state index contributed by atoms with van der Waals surface area (Å²) >= 11 is 0. The van der Waals surface area contributed by atoms with E-state index in [9.17, 15) is 4.79 Å².